The Morgan fingerprint density at radius 2 is 1.06 bits per heavy atom. The third-order valence-corrected chi connectivity index (χ3v) is 6.68. The van der Waals surface area contributed by atoms with Gasteiger partial charge in [0.05, 0.1) is 35.4 Å². The predicted molar refractivity (Wildman–Crippen MR) is 138 cm³/mol. The van der Waals surface area contributed by atoms with Gasteiger partial charge in [-0.1, -0.05) is 36.4 Å². The predicted octanol–water partition coefficient (Wildman–Crippen LogP) is 3.29. The number of hydrogen-bond acceptors (Lipinski definition) is 10. The van der Waals surface area contributed by atoms with E-state index in [0.29, 0.717) is 11.4 Å². The maximum atomic E-state index is 13.1. The van der Waals surface area contributed by atoms with E-state index >= 15 is 0 Å². The van der Waals surface area contributed by atoms with Gasteiger partial charge in [0, 0.05) is 12.2 Å². The molecule has 2 aromatic rings. The molecule has 4 rings (SSSR count). The number of benzene rings is 2. The van der Waals surface area contributed by atoms with E-state index in [9.17, 15) is 19.2 Å². The Labute approximate surface area is 214 Å². The van der Waals surface area contributed by atoms with Gasteiger partial charge >= 0.3 is 11.9 Å². The van der Waals surface area contributed by atoms with Crippen molar-refractivity contribution in [3.05, 3.63) is 82.6 Å². The number of carbonyl (C=O) groups excluding carboxylic acids is 4. The van der Waals surface area contributed by atoms with Gasteiger partial charge in [-0.25, -0.2) is 9.59 Å². The Morgan fingerprint density at radius 1 is 0.694 bits per heavy atom. The number of ether oxygens (including phenoxy) is 2. The van der Waals surface area contributed by atoms with Gasteiger partial charge in [0.15, 0.2) is 0 Å². The molecule has 0 N–H and O–H groups in total. The standard InChI is InChI=1S/C24H18N4O6S2/c1-33-19(29)13-17-21(31)27(15-9-5-3-6-10-15)23(35-17)25-26-24-28(16-11-7-4-8-12-16)22(32)18(36-24)14-20(30)34-2/h3-14H,1-2H3/b17-13-,18-14+,25-23+,26-24-. The van der Waals surface area contributed by atoms with Crippen molar-refractivity contribution in [2.75, 3.05) is 24.0 Å². The first-order valence-electron chi connectivity index (χ1n) is 10.3. The highest BCUT2D eigenvalue weighted by Gasteiger charge is 2.38. The topological polar surface area (TPSA) is 118 Å². The molecule has 0 radical (unpaired) electrons. The molecule has 0 unspecified atom stereocenters. The lowest BCUT2D eigenvalue weighted by Crippen LogP contribution is -2.30. The number of para-hydroxylation sites is 2. The Bertz CT molecular complexity index is 1240. The molecule has 2 amide bonds. The molecule has 36 heavy (non-hydrogen) atoms. The summed E-state index contributed by atoms with van der Waals surface area (Å²) in [6.07, 6.45) is 2.17. The van der Waals surface area contributed by atoms with Crippen molar-refractivity contribution in [3.8, 4) is 0 Å². The van der Waals surface area contributed by atoms with Crippen LogP contribution < -0.4 is 9.80 Å². The summed E-state index contributed by atoms with van der Waals surface area (Å²) in [5, 5.41) is 8.86. The number of nitrogens with zero attached hydrogens (tertiary/aromatic N) is 4. The van der Waals surface area contributed by atoms with Gasteiger partial charge in [0.2, 0.25) is 10.3 Å². The van der Waals surface area contributed by atoms with Crippen molar-refractivity contribution < 1.29 is 28.7 Å². The monoisotopic (exact) mass is 522 g/mol. The van der Waals surface area contributed by atoms with Crippen LogP contribution in [-0.4, -0.2) is 48.3 Å². The number of thioether (sulfide) groups is 2. The summed E-state index contributed by atoms with van der Waals surface area (Å²) < 4.78 is 9.29. The van der Waals surface area contributed by atoms with Crippen molar-refractivity contribution in [2.24, 2.45) is 10.2 Å². The van der Waals surface area contributed by atoms with Gasteiger partial charge < -0.3 is 9.47 Å². The van der Waals surface area contributed by atoms with Crippen molar-refractivity contribution >= 4 is 69.0 Å². The number of esters is 2. The minimum Gasteiger partial charge on any atom is -0.466 e. The highest BCUT2D eigenvalue weighted by Crippen LogP contribution is 2.37. The average Bonchev–Trinajstić information content (AvgIpc) is 3.38. The molecule has 0 atom stereocenters. The van der Waals surface area contributed by atoms with Gasteiger partial charge in [-0.05, 0) is 47.8 Å². The SMILES string of the molecule is COC(=O)/C=C1\S/C(=N/N=C2\S/C(=C/C(=O)OC)C(=O)N2c2ccccc2)N(c2ccccc2)C1=O. The highest BCUT2D eigenvalue weighted by atomic mass is 32.2. The minimum atomic E-state index is -0.684. The molecular formula is C24H18N4O6S2. The minimum absolute atomic E-state index is 0.103. The summed E-state index contributed by atoms with van der Waals surface area (Å²) in [5.74, 6) is -2.32. The molecule has 2 aliphatic rings. The maximum absolute atomic E-state index is 13.1. The summed E-state index contributed by atoms with van der Waals surface area (Å²) in [5.41, 5.74) is 1.03. The lowest BCUT2D eigenvalue weighted by Gasteiger charge is -2.16. The maximum Gasteiger partial charge on any atom is 0.331 e. The van der Waals surface area contributed by atoms with Crippen LogP contribution in [0.4, 0.5) is 11.4 Å². The molecule has 2 saturated heterocycles. The molecule has 2 fully saturated rings. The highest BCUT2D eigenvalue weighted by molar-refractivity contribution is 8.19. The lowest BCUT2D eigenvalue weighted by molar-refractivity contribution is -0.135. The molecule has 2 aromatic carbocycles. The number of anilines is 2. The zero-order valence-electron chi connectivity index (χ0n) is 19.0. The number of rotatable bonds is 5. The molecule has 2 heterocycles. The van der Waals surface area contributed by atoms with E-state index in [1.165, 1.54) is 24.0 Å². The Hall–Kier alpha value is -4.16. The molecule has 12 heteroatoms. The normalized spacial score (nSPS) is 20.2. The van der Waals surface area contributed by atoms with Crippen molar-refractivity contribution in [1.82, 2.24) is 0 Å². The molecular weight excluding hydrogens is 504 g/mol. The van der Waals surface area contributed by atoms with Crippen molar-refractivity contribution in [1.29, 1.82) is 0 Å². The van der Waals surface area contributed by atoms with Crippen LogP contribution in [-0.2, 0) is 28.7 Å². The Kier molecular flexibility index (Phi) is 7.66. The van der Waals surface area contributed by atoms with Crippen LogP contribution in [0.1, 0.15) is 0 Å². The fraction of sp³-hybridized carbons (Fsp3) is 0.0833. The van der Waals surface area contributed by atoms with Gasteiger partial charge in [0.1, 0.15) is 0 Å². The molecule has 0 aromatic heterocycles. The van der Waals surface area contributed by atoms with E-state index in [0.717, 1.165) is 35.7 Å². The van der Waals surface area contributed by atoms with E-state index in [1.807, 2.05) is 0 Å². The summed E-state index contributed by atoms with van der Waals surface area (Å²) in [7, 11) is 2.43. The smallest absolute Gasteiger partial charge is 0.331 e. The third-order valence-electron chi connectivity index (χ3n) is 4.76. The van der Waals surface area contributed by atoms with Gasteiger partial charge in [-0.2, -0.15) is 0 Å². The van der Waals surface area contributed by atoms with Crippen LogP contribution >= 0.6 is 23.5 Å². The van der Waals surface area contributed by atoms with E-state index in [1.54, 1.807) is 60.7 Å². The fourth-order valence-electron chi connectivity index (χ4n) is 3.11. The first-order chi connectivity index (χ1) is 17.4. The second kappa shape index (κ2) is 11.1. The molecule has 2 aliphatic heterocycles. The van der Waals surface area contributed by atoms with E-state index in [4.69, 9.17) is 0 Å². The van der Waals surface area contributed by atoms with Crippen LogP contribution in [0.15, 0.2) is 92.8 Å². The van der Waals surface area contributed by atoms with E-state index in [-0.39, 0.29) is 20.1 Å². The first kappa shape index (κ1) is 24.9. The molecule has 10 nitrogen and oxygen atoms in total. The average molecular weight is 523 g/mol. The van der Waals surface area contributed by atoms with Crippen LogP contribution in [0.3, 0.4) is 0 Å². The molecule has 0 aliphatic carbocycles. The quantitative estimate of drug-likeness (QED) is 0.334. The number of hydrogen-bond donors (Lipinski definition) is 0. The summed E-state index contributed by atoms with van der Waals surface area (Å²) in [6, 6.07) is 17.5. The van der Waals surface area contributed by atoms with E-state index in [2.05, 4.69) is 19.7 Å². The van der Waals surface area contributed by atoms with E-state index < -0.39 is 23.8 Å². The Morgan fingerprint density at radius 3 is 1.39 bits per heavy atom. The summed E-state index contributed by atoms with van der Waals surface area (Å²) in [4.78, 5) is 52.5. The largest absolute Gasteiger partial charge is 0.466 e. The van der Waals surface area contributed by atoms with Crippen LogP contribution in [0, 0.1) is 0 Å². The fourth-order valence-corrected chi connectivity index (χ4v) is 4.89. The molecule has 0 bridgehead atoms. The van der Waals surface area contributed by atoms with Crippen LogP contribution in [0.2, 0.25) is 0 Å². The molecule has 0 saturated carbocycles. The van der Waals surface area contributed by atoms with Gasteiger partial charge in [-0.15, -0.1) is 10.2 Å². The first-order valence-corrected chi connectivity index (χ1v) is 12.0. The van der Waals surface area contributed by atoms with Crippen molar-refractivity contribution in [3.63, 3.8) is 0 Å². The second-order valence-electron chi connectivity index (χ2n) is 6.98. The number of amidine groups is 2. The zero-order valence-corrected chi connectivity index (χ0v) is 20.6. The van der Waals surface area contributed by atoms with Gasteiger partial charge in [-0.3, -0.25) is 19.4 Å². The van der Waals surface area contributed by atoms with Crippen LogP contribution in [0.5, 0.6) is 0 Å². The zero-order chi connectivity index (χ0) is 25.7. The number of amides is 2. The van der Waals surface area contributed by atoms with Crippen molar-refractivity contribution in [2.45, 2.75) is 0 Å². The second-order valence-corrected chi connectivity index (χ2v) is 9.00. The Balaban J connectivity index is 1.77. The van der Waals surface area contributed by atoms with Gasteiger partial charge in [0.25, 0.3) is 11.8 Å². The third kappa shape index (κ3) is 5.24. The molecule has 0 spiro atoms. The number of carbonyl (C=O) groups is 4. The summed E-state index contributed by atoms with van der Waals surface area (Å²) in [6.45, 7) is 0. The summed E-state index contributed by atoms with van der Waals surface area (Å²) >= 11 is 1.88. The molecule has 182 valence electrons. The van der Waals surface area contributed by atoms with Crippen LogP contribution in [0.25, 0.3) is 0 Å². The number of methoxy groups -OCH3 is 2. The lowest BCUT2D eigenvalue weighted by atomic mass is 10.3.